The minimum atomic E-state index is -0.524. The Kier molecular flexibility index (Phi) is 3.98. The van der Waals surface area contributed by atoms with Gasteiger partial charge in [0.15, 0.2) is 0 Å². The molecule has 0 saturated heterocycles. The molecule has 3 N–H and O–H groups in total. The Morgan fingerprint density at radius 1 is 1.14 bits per heavy atom. The van der Waals surface area contributed by atoms with Gasteiger partial charge in [-0.2, -0.15) is 0 Å². The number of rotatable bonds is 2. The molecule has 0 fully saturated rings. The molecule has 0 aliphatic rings. The molecule has 0 aliphatic carbocycles. The van der Waals surface area contributed by atoms with Crippen LogP contribution in [0.4, 0.5) is 15.8 Å². The van der Waals surface area contributed by atoms with Crippen molar-refractivity contribution >= 4 is 17.3 Å². The standard InChI is InChI=1S/C17H19FN2O/c1-17(2,3)14-6-4-5-7-15(14)20-16(21)11-8-12(18)10-13(19)9-11/h4-10H,19H2,1-3H3,(H,20,21). The zero-order chi connectivity index (χ0) is 15.6. The average Bonchev–Trinajstić information content (AvgIpc) is 2.37. The van der Waals surface area contributed by atoms with E-state index in [2.05, 4.69) is 26.1 Å². The molecule has 4 heteroatoms. The van der Waals surface area contributed by atoms with Crippen molar-refractivity contribution in [1.82, 2.24) is 0 Å². The van der Waals surface area contributed by atoms with Crippen molar-refractivity contribution in [1.29, 1.82) is 0 Å². The fourth-order valence-electron chi connectivity index (χ4n) is 2.18. The Bertz CT molecular complexity index is 654. The van der Waals surface area contributed by atoms with Crippen LogP contribution in [0.25, 0.3) is 0 Å². The van der Waals surface area contributed by atoms with Gasteiger partial charge >= 0.3 is 0 Å². The summed E-state index contributed by atoms with van der Waals surface area (Å²) in [7, 11) is 0. The second-order valence-corrected chi connectivity index (χ2v) is 6.02. The van der Waals surface area contributed by atoms with Gasteiger partial charge in [0.25, 0.3) is 5.91 Å². The largest absolute Gasteiger partial charge is 0.399 e. The van der Waals surface area contributed by atoms with Gasteiger partial charge in [0, 0.05) is 16.9 Å². The summed E-state index contributed by atoms with van der Waals surface area (Å²) in [6.07, 6.45) is 0. The zero-order valence-corrected chi connectivity index (χ0v) is 12.4. The molecule has 0 atom stereocenters. The van der Waals surface area contributed by atoms with E-state index in [9.17, 15) is 9.18 Å². The maximum absolute atomic E-state index is 13.3. The van der Waals surface area contributed by atoms with E-state index < -0.39 is 5.82 Å². The van der Waals surface area contributed by atoms with Crippen molar-refractivity contribution in [2.24, 2.45) is 0 Å². The first-order valence-corrected chi connectivity index (χ1v) is 6.74. The Morgan fingerprint density at radius 3 is 2.43 bits per heavy atom. The lowest BCUT2D eigenvalue weighted by molar-refractivity contribution is 0.102. The number of carbonyl (C=O) groups is 1. The summed E-state index contributed by atoms with van der Waals surface area (Å²) in [6.45, 7) is 6.20. The summed E-state index contributed by atoms with van der Waals surface area (Å²) in [5.41, 5.74) is 7.63. The van der Waals surface area contributed by atoms with Crippen molar-refractivity contribution in [3.8, 4) is 0 Å². The summed E-state index contributed by atoms with van der Waals surface area (Å²) in [5.74, 6) is -0.901. The van der Waals surface area contributed by atoms with Crippen molar-refractivity contribution in [3.05, 3.63) is 59.4 Å². The first-order chi connectivity index (χ1) is 9.77. The summed E-state index contributed by atoms with van der Waals surface area (Å²) < 4.78 is 13.3. The van der Waals surface area contributed by atoms with Crippen LogP contribution in [-0.4, -0.2) is 5.91 Å². The molecule has 110 valence electrons. The van der Waals surface area contributed by atoms with E-state index in [1.165, 1.54) is 18.2 Å². The minimum absolute atomic E-state index is 0.106. The fourth-order valence-corrected chi connectivity index (χ4v) is 2.18. The molecule has 0 unspecified atom stereocenters. The maximum atomic E-state index is 13.3. The molecule has 2 aromatic carbocycles. The van der Waals surface area contributed by atoms with Crippen LogP contribution < -0.4 is 11.1 Å². The van der Waals surface area contributed by atoms with E-state index in [1.807, 2.05) is 24.3 Å². The Hall–Kier alpha value is -2.36. The van der Waals surface area contributed by atoms with Crippen LogP contribution in [0.15, 0.2) is 42.5 Å². The third-order valence-electron chi connectivity index (χ3n) is 3.17. The van der Waals surface area contributed by atoms with Crippen LogP contribution in [0.3, 0.4) is 0 Å². The van der Waals surface area contributed by atoms with Crippen LogP contribution in [0.5, 0.6) is 0 Å². The highest BCUT2D eigenvalue weighted by Gasteiger charge is 2.19. The molecule has 2 aromatic rings. The molecule has 0 radical (unpaired) electrons. The molecule has 0 spiro atoms. The highest BCUT2D eigenvalue weighted by atomic mass is 19.1. The van der Waals surface area contributed by atoms with Gasteiger partial charge in [-0.25, -0.2) is 4.39 Å². The Balaban J connectivity index is 2.32. The number of halogens is 1. The molecular formula is C17H19FN2O. The minimum Gasteiger partial charge on any atom is -0.399 e. The van der Waals surface area contributed by atoms with Gasteiger partial charge in [0.2, 0.25) is 0 Å². The number of nitrogen functional groups attached to an aromatic ring is 1. The molecule has 0 heterocycles. The zero-order valence-electron chi connectivity index (χ0n) is 12.4. The smallest absolute Gasteiger partial charge is 0.255 e. The predicted molar refractivity (Wildman–Crippen MR) is 83.9 cm³/mol. The molecule has 3 nitrogen and oxygen atoms in total. The maximum Gasteiger partial charge on any atom is 0.255 e. The predicted octanol–water partition coefficient (Wildman–Crippen LogP) is 3.96. The molecule has 0 saturated carbocycles. The molecule has 21 heavy (non-hydrogen) atoms. The first kappa shape index (κ1) is 15.0. The third-order valence-corrected chi connectivity index (χ3v) is 3.17. The monoisotopic (exact) mass is 286 g/mol. The summed E-state index contributed by atoms with van der Waals surface area (Å²) in [4.78, 5) is 12.3. The number of nitrogens with one attached hydrogen (secondary N) is 1. The molecule has 0 bridgehead atoms. The van der Waals surface area contributed by atoms with Crippen LogP contribution in [0.2, 0.25) is 0 Å². The van der Waals surface area contributed by atoms with Gasteiger partial charge in [-0.15, -0.1) is 0 Å². The number of para-hydroxylation sites is 1. The SMILES string of the molecule is CC(C)(C)c1ccccc1NC(=O)c1cc(N)cc(F)c1. The van der Waals surface area contributed by atoms with E-state index in [-0.39, 0.29) is 22.6 Å². The Labute approximate surface area is 124 Å². The van der Waals surface area contributed by atoms with E-state index in [4.69, 9.17) is 5.73 Å². The van der Waals surface area contributed by atoms with Gasteiger partial charge in [0.1, 0.15) is 5.82 Å². The van der Waals surface area contributed by atoms with Crippen molar-refractivity contribution < 1.29 is 9.18 Å². The van der Waals surface area contributed by atoms with E-state index in [0.29, 0.717) is 0 Å². The third kappa shape index (κ3) is 3.60. The summed E-state index contributed by atoms with van der Waals surface area (Å²) in [5, 5.41) is 2.83. The number of hydrogen-bond acceptors (Lipinski definition) is 2. The number of anilines is 2. The second-order valence-electron chi connectivity index (χ2n) is 6.02. The van der Waals surface area contributed by atoms with Gasteiger partial charge in [-0.1, -0.05) is 39.0 Å². The van der Waals surface area contributed by atoms with Crippen LogP contribution >= 0.6 is 0 Å². The molecular weight excluding hydrogens is 267 g/mol. The lowest BCUT2D eigenvalue weighted by Gasteiger charge is -2.23. The first-order valence-electron chi connectivity index (χ1n) is 6.74. The van der Waals surface area contributed by atoms with Crippen LogP contribution in [-0.2, 0) is 5.41 Å². The number of amides is 1. The van der Waals surface area contributed by atoms with Gasteiger partial charge in [0.05, 0.1) is 0 Å². The van der Waals surface area contributed by atoms with Gasteiger partial charge in [-0.3, -0.25) is 4.79 Å². The van der Waals surface area contributed by atoms with Crippen molar-refractivity contribution in [2.75, 3.05) is 11.1 Å². The molecule has 2 rings (SSSR count). The highest BCUT2D eigenvalue weighted by Crippen LogP contribution is 2.29. The number of benzene rings is 2. The Morgan fingerprint density at radius 2 is 1.81 bits per heavy atom. The number of carbonyl (C=O) groups excluding carboxylic acids is 1. The van der Waals surface area contributed by atoms with Gasteiger partial charge in [-0.05, 0) is 35.2 Å². The summed E-state index contributed by atoms with van der Waals surface area (Å²) in [6, 6.07) is 11.4. The highest BCUT2D eigenvalue weighted by molar-refractivity contribution is 6.05. The topological polar surface area (TPSA) is 55.1 Å². The van der Waals surface area contributed by atoms with E-state index >= 15 is 0 Å². The summed E-state index contributed by atoms with van der Waals surface area (Å²) >= 11 is 0. The second kappa shape index (κ2) is 5.56. The number of hydrogen-bond donors (Lipinski definition) is 2. The van der Waals surface area contributed by atoms with Crippen molar-refractivity contribution in [3.63, 3.8) is 0 Å². The molecule has 1 amide bonds. The average molecular weight is 286 g/mol. The van der Waals surface area contributed by atoms with Crippen LogP contribution in [0.1, 0.15) is 36.7 Å². The molecule has 0 aliphatic heterocycles. The lowest BCUT2D eigenvalue weighted by atomic mass is 9.86. The fraction of sp³-hybridized carbons (Fsp3) is 0.235. The van der Waals surface area contributed by atoms with Gasteiger partial charge < -0.3 is 11.1 Å². The van der Waals surface area contributed by atoms with E-state index in [1.54, 1.807) is 0 Å². The quantitative estimate of drug-likeness (QED) is 0.821. The normalized spacial score (nSPS) is 11.2. The molecule has 0 aromatic heterocycles. The van der Waals surface area contributed by atoms with Crippen molar-refractivity contribution in [2.45, 2.75) is 26.2 Å². The number of nitrogens with two attached hydrogens (primary N) is 1. The van der Waals surface area contributed by atoms with E-state index in [0.717, 1.165) is 11.3 Å². The lowest BCUT2D eigenvalue weighted by Crippen LogP contribution is -2.19. The van der Waals surface area contributed by atoms with Crippen LogP contribution in [0, 0.1) is 5.82 Å².